The summed E-state index contributed by atoms with van der Waals surface area (Å²) in [7, 11) is 0. The number of halogens is 1. The zero-order valence-electron chi connectivity index (χ0n) is 5.97. The van der Waals surface area contributed by atoms with Gasteiger partial charge in [-0.1, -0.05) is 13.3 Å². The molecule has 1 rings (SSSR count). The Balaban J connectivity index is 2.81. The minimum atomic E-state index is 1.06. The number of hydrogen-bond acceptors (Lipinski definition) is 1. The van der Waals surface area contributed by atoms with E-state index in [9.17, 15) is 0 Å². The maximum Gasteiger partial charge on any atom is 0.0545 e. The van der Waals surface area contributed by atoms with Crippen molar-refractivity contribution in [1.82, 2.24) is 4.98 Å². The van der Waals surface area contributed by atoms with Gasteiger partial charge in [-0.15, -0.1) is 0 Å². The average molecular weight is 200 g/mol. The minimum absolute atomic E-state index is 1.06. The summed E-state index contributed by atoms with van der Waals surface area (Å²) in [5.74, 6) is 0. The quantitative estimate of drug-likeness (QED) is 0.715. The fourth-order valence-electron chi connectivity index (χ4n) is 0.839. The van der Waals surface area contributed by atoms with Gasteiger partial charge >= 0.3 is 0 Å². The first-order valence-corrected chi connectivity index (χ1v) is 4.23. The van der Waals surface area contributed by atoms with E-state index in [2.05, 4.69) is 27.8 Å². The van der Waals surface area contributed by atoms with Gasteiger partial charge in [-0.25, -0.2) is 0 Å². The van der Waals surface area contributed by atoms with Gasteiger partial charge in [0.1, 0.15) is 0 Å². The molecule has 0 aromatic carbocycles. The Bertz CT molecular complexity index is 210. The van der Waals surface area contributed by atoms with Crippen LogP contribution in [0.15, 0.2) is 22.8 Å². The van der Waals surface area contributed by atoms with Crippen molar-refractivity contribution in [3.63, 3.8) is 0 Å². The lowest BCUT2D eigenvalue weighted by Gasteiger charge is -1.98. The number of nitrogens with zero attached hydrogens (tertiary/aromatic N) is 1. The van der Waals surface area contributed by atoms with E-state index in [4.69, 9.17) is 0 Å². The summed E-state index contributed by atoms with van der Waals surface area (Å²) in [6.45, 7) is 2.15. The summed E-state index contributed by atoms with van der Waals surface area (Å²) < 4.78 is 1.12. The summed E-state index contributed by atoms with van der Waals surface area (Å²) in [4.78, 5) is 4.22. The van der Waals surface area contributed by atoms with Crippen LogP contribution in [0.2, 0.25) is 0 Å². The zero-order chi connectivity index (χ0) is 7.40. The van der Waals surface area contributed by atoms with Crippen LogP contribution in [0, 0.1) is 0 Å². The summed E-state index contributed by atoms with van der Waals surface area (Å²) in [5.41, 5.74) is 1.16. The number of pyridine rings is 1. The van der Waals surface area contributed by atoms with Crippen LogP contribution in [-0.4, -0.2) is 4.98 Å². The van der Waals surface area contributed by atoms with Crippen LogP contribution in [0.25, 0.3) is 0 Å². The molecule has 10 heavy (non-hydrogen) atoms. The Labute approximate surface area is 69.6 Å². The van der Waals surface area contributed by atoms with E-state index < -0.39 is 0 Å². The highest BCUT2D eigenvalue weighted by atomic mass is 79.9. The first-order chi connectivity index (χ1) is 4.84. The third kappa shape index (κ3) is 1.81. The lowest BCUT2D eigenvalue weighted by Crippen LogP contribution is -1.88. The van der Waals surface area contributed by atoms with Crippen LogP contribution in [-0.2, 0) is 6.42 Å². The molecule has 0 spiro atoms. The Morgan fingerprint density at radius 3 is 3.00 bits per heavy atom. The van der Waals surface area contributed by atoms with Crippen LogP contribution in [0.4, 0.5) is 0 Å². The Morgan fingerprint density at radius 1 is 1.60 bits per heavy atom. The Hall–Kier alpha value is -0.370. The van der Waals surface area contributed by atoms with E-state index in [0.29, 0.717) is 0 Å². The molecule has 0 saturated carbocycles. The van der Waals surface area contributed by atoms with Crippen LogP contribution < -0.4 is 0 Å². The van der Waals surface area contributed by atoms with Gasteiger partial charge in [0.25, 0.3) is 0 Å². The first kappa shape index (κ1) is 7.73. The van der Waals surface area contributed by atoms with Crippen molar-refractivity contribution in [2.45, 2.75) is 19.8 Å². The molecular weight excluding hydrogens is 190 g/mol. The predicted molar refractivity (Wildman–Crippen MR) is 45.9 cm³/mol. The summed E-state index contributed by atoms with van der Waals surface area (Å²) in [5, 5.41) is 0. The molecular formula is C8H10BrN. The van der Waals surface area contributed by atoms with Crippen molar-refractivity contribution < 1.29 is 0 Å². The van der Waals surface area contributed by atoms with Crippen LogP contribution in [0.5, 0.6) is 0 Å². The van der Waals surface area contributed by atoms with Crippen molar-refractivity contribution in [1.29, 1.82) is 0 Å². The second-order valence-electron chi connectivity index (χ2n) is 2.18. The molecule has 0 atom stereocenters. The highest BCUT2D eigenvalue weighted by molar-refractivity contribution is 9.10. The van der Waals surface area contributed by atoms with Gasteiger partial charge in [0.2, 0.25) is 0 Å². The Kier molecular flexibility index (Phi) is 2.87. The SMILES string of the molecule is CCCc1ncccc1Br. The Morgan fingerprint density at radius 2 is 2.40 bits per heavy atom. The van der Waals surface area contributed by atoms with Gasteiger partial charge in [0.05, 0.1) is 5.69 Å². The van der Waals surface area contributed by atoms with Gasteiger partial charge in [-0.3, -0.25) is 4.98 Å². The molecule has 0 bridgehead atoms. The van der Waals surface area contributed by atoms with Gasteiger partial charge < -0.3 is 0 Å². The molecule has 0 fully saturated rings. The standard InChI is InChI=1S/C8H10BrN/c1-2-4-8-7(9)5-3-6-10-8/h3,5-6H,2,4H2,1H3. The van der Waals surface area contributed by atoms with Crippen molar-refractivity contribution in [3.05, 3.63) is 28.5 Å². The molecule has 54 valence electrons. The molecule has 0 aliphatic rings. The lowest BCUT2D eigenvalue weighted by molar-refractivity contribution is 0.876. The normalized spacial score (nSPS) is 9.80. The van der Waals surface area contributed by atoms with E-state index in [0.717, 1.165) is 23.0 Å². The maximum absolute atomic E-state index is 4.22. The molecule has 1 aromatic rings. The number of hydrogen-bond donors (Lipinski definition) is 0. The first-order valence-electron chi connectivity index (χ1n) is 3.44. The van der Waals surface area contributed by atoms with Gasteiger partial charge in [-0.2, -0.15) is 0 Å². The molecule has 0 aliphatic carbocycles. The van der Waals surface area contributed by atoms with Gasteiger partial charge in [-0.05, 0) is 34.5 Å². The van der Waals surface area contributed by atoms with Crippen LogP contribution in [0.1, 0.15) is 19.0 Å². The van der Waals surface area contributed by atoms with Crippen LogP contribution in [0.3, 0.4) is 0 Å². The van der Waals surface area contributed by atoms with E-state index in [1.807, 2.05) is 18.3 Å². The number of rotatable bonds is 2. The zero-order valence-corrected chi connectivity index (χ0v) is 7.56. The average Bonchev–Trinajstić information content (AvgIpc) is 1.94. The topological polar surface area (TPSA) is 12.9 Å². The van der Waals surface area contributed by atoms with Crippen molar-refractivity contribution in [2.75, 3.05) is 0 Å². The lowest BCUT2D eigenvalue weighted by atomic mass is 10.2. The van der Waals surface area contributed by atoms with E-state index >= 15 is 0 Å². The summed E-state index contributed by atoms with van der Waals surface area (Å²) in [6, 6.07) is 3.96. The summed E-state index contributed by atoms with van der Waals surface area (Å²) >= 11 is 3.43. The molecule has 0 amide bonds. The number of aromatic nitrogens is 1. The molecule has 2 heteroatoms. The van der Waals surface area contributed by atoms with Gasteiger partial charge in [0, 0.05) is 10.7 Å². The smallest absolute Gasteiger partial charge is 0.0545 e. The second kappa shape index (κ2) is 3.71. The largest absolute Gasteiger partial charge is 0.260 e. The third-order valence-electron chi connectivity index (χ3n) is 1.32. The molecule has 0 N–H and O–H groups in total. The van der Waals surface area contributed by atoms with E-state index in [1.165, 1.54) is 0 Å². The van der Waals surface area contributed by atoms with E-state index in [-0.39, 0.29) is 0 Å². The van der Waals surface area contributed by atoms with Crippen LogP contribution >= 0.6 is 15.9 Å². The number of aryl methyl sites for hydroxylation is 1. The summed E-state index contributed by atoms with van der Waals surface area (Å²) in [6.07, 6.45) is 4.03. The van der Waals surface area contributed by atoms with Crippen molar-refractivity contribution >= 4 is 15.9 Å². The fraction of sp³-hybridized carbons (Fsp3) is 0.375. The molecule has 0 aliphatic heterocycles. The second-order valence-corrected chi connectivity index (χ2v) is 3.04. The van der Waals surface area contributed by atoms with E-state index in [1.54, 1.807) is 0 Å². The molecule has 0 unspecified atom stereocenters. The highest BCUT2D eigenvalue weighted by Gasteiger charge is 1.95. The molecule has 1 heterocycles. The van der Waals surface area contributed by atoms with Gasteiger partial charge in [0.15, 0.2) is 0 Å². The highest BCUT2D eigenvalue weighted by Crippen LogP contribution is 2.14. The predicted octanol–water partition coefficient (Wildman–Crippen LogP) is 2.80. The maximum atomic E-state index is 4.22. The van der Waals surface area contributed by atoms with Crippen molar-refractivity contribution in [2.24, 2.45) is 0 Å². The molecule has 0 radical (unpaired) electrons. The monoisotopic (exact) mass is 199 g/mol. The molecule has 1 nitrogen and oxygen atoms in total. The third-order valence-corrected chi connectivity index (χ3v) is 2.04. The minimum Gasteiger partial charge on any atom is -0.260 e. The van der Waals surface area contributed by atoms with Crippen molar-refractivity contribution in [3.8, 4) is 0 Å². The molecule has 0 saturated heterocycles. The fourth-order valence-corrected chi connectivity index (χ4v) is 1.29. The molecule has 1 aromatic heterocycles.